The Bertz CT molecular complexity index is 811. The summed E-state index contributed by atoms with van der Waals surface area (Å²) in [4.78, 5) is 12.1. The maximum absolute atomic E-state index is 5.23. The van der Waals surface area contributed by atoms with Crippen molar-refractivity contribution in [3.05, 3.63) is 48.9 Å². The number of H-pyrrole nitrogens is 1. The number of aromatic nitrogens is 3. The molecule has 0 unspecified atom stereocenters. The SMILES string of the molecule is c1ccc2[nH]c(-c3ncc4occc4n3)cc2c1. The fourth-order valence-electron chi connectivity index (χ4n) is 2.09. The molecule has 0 bridgehead atoms. The zero-order valence-corrected chi connectivity index (χ0v) is 9.42. The normalized spacial score (nSPS) is 11.3. The predicted molar refractivity (Wildman–Crippen MR) is 69.1 cm³/mol. The lowest BCUT2D eigenvalue weighted by atomic mass is 10.2. The van der Waals surface area contributed by atoms with Gasteiger partial charge in [0.1, 0.15) is 5.52 Å². The van der Waals surface area contributed by atoms with Crippen molar-refractivity contribution in [1.82, 2.24) is 15.0 Å². The molecule has 4 aromatic rings. The van der Waals surface area contributed by atoms with Gasteiger partial charge in [-0.25, -0.2) is 9.97 Å². The van der Waals surface area contributed by atoms with Gasteiger partial charge in [-0.1, -0.05) is 18.2 Å². The largest absolute Gasteiger partial charge is 0.461 e. The third-order valence-electron chi connectivity index (χ3n) is 2.97. The van der Waals surface area contributed by atoms with Crippen LogP contribution < -0.4 is 0 Å². The van der Waals surface area contributed by atoms with Gasteiger partial charge in [0.25, 0.3) is 0 Å². The van der Waals surface area contributed by atoms with Crippen molar-refractivity contribution < 1.29 is 4.42 Å². The molecule has 18 heavy (non-hydrogen) atoms. The molecule has 1 aromatic carbocycles. The Morgan fingerprint density at radius 2 is 2.06 bits per heavy atom. The second-order valence-corrected chi connectivity index (χ2v) is 4.13. The van der Waals surface area contributed by atoms with E-state index in [0.717, 1.165) is 22.1 Å². The molecule has 86 valence electrons. The predicted octanol–water partition coefficient (Wildman–Crippen LogP) is 3.37. The van der Waals surface area contributed by atoms with Crippen LogP contribution in [0.25, 0.3) is 33.5 Å². The molecule has 3 aromatic heterocycles. The van der Waals surface area contributed by atoms with Gasteiger partial charge in [0.15, 0.2) is 11.4 Å². The number of nitrogens with one attached hydrogen (secondary N) is 1. The minimum absolute atomic E-state index is 0.681. The summed E-state index contributed by atoms with van der Waals surface area (Å²) in [6.45, 7) is 0. The molecule has 1 N–H and O–H groups in total. The van der Waals surface area contributed by atoms with E-state index in [1.165, 1.54) is 0 Å². The van der Waals surface area contributed by atoms with E-state index in [0.29, 0.717) is 11.4 Å². The van der Waals surface area contributed by atoms with E-state index < -0.39 is 0 Å². The lowest BCUT2D eigenvalue weighted by molar-refractivity contribution is 0.613. The van der Waals surface area contributed by atoms with Crippen molar-refractivity contribution in [3.8, 4) is 11.5 Å². The number of rotatable bonds is 1. The van der Waals surface area contributed by atoms with Crippen LogP contribution in [0, 0.1) is 0 Å². The molecule has 4 nitrogen and oxygen atoms in total. The van der Waals surface area contributed by atoms with Crippen LogP contribution in [0.3, 0.4) is 0 Å². The fraction of sp³-hybridized carbons (Fsp3) is 0. The van der Waals surface area contributed by atoms with Crippen molar-refractivity contribution in [2.45, 2.75) is 0 Å². The fourth-order valence-corrected chi connectivity index (χ4v) is 2.09. The van der Waals surface area contributed by atoms with Crippen molar-refractivity contribution in [1.29, 1.82) is 0 Å². The van der Waals surface area contributed by atoms with Gasteiger partial charge in [-0.05, 0) is 12.1 Å². The van der Waals surface area contributed by atoms with Gasteiger partial charge in [0.05, 0.1) is 18.2 Å². The van der Waals surface area contributed by atoms with Crippen LogP contribution in [0.1, 0.15) is 0 Å². The van der Waals surface area contributed by atoms with E-state index in [9.17, 15) is 0 Å². The summed E-state index contributed by atoms with van der Waals surface area (Å²) in [7, 11) is 0. The van der Waals surface area contributed by atoms with E-state index in [2.05, 4.69) is 27.1 Å². The average Bonchev–Trinajstić information content (AvgIpc) is 3.04. The van der Waals surface area contributed by atoms with Crippen LogP contribution in [0.2, 0.25) is 0 Å². The first-order valence-electron chi connectivity index (χ1n) is 5.68. The number of benzene rings is 1. The highest BCUT2D eigenvalue weighted by Crippen LogP contribution is 2.22. The molecule has 3 heterocycles. The number of hydrogen-bond acceptors (Lipinski definition) is 3. The minimum atomic E-state index is 0.681. The van der Waals surface area contributed by atoms with Crippen LogP contribution in [0.4, 0.5) is 0 Å². The van der Waals surface area contributed by atoms with Gasteiger partial charge in [-0.15, -0.1) is 0 Å². The Labute approximate surface area is 102 Å². The van der Waals surface area contributed by atoms with Crippen LogP contribution in [-0.4, -0.2) is 15.0 Å². The molecule has 0 saturated carbocycles. The average molecular weight is 235 g/mol. The third kappa shape index (κ3) is 1.32. The summed E-state index contributed by atoms with van der Waals surface area (Å²) in [6, 6.07) is 12.0. The molecular weight excluding hydrogens is 226 g/mol. The van der Waals surface area contributed by atoms with Crippen LogP contribution in [-0.2, 0) is 0 Å². The smallest absolute Gasteiger partial charge is 0.176 e. The van der Waals surface area contributed by atoms with Gasteiger partial charge < -0.3 is 9.40 Å². The number of aromatic amines is 1. The highest BCUT2D eigenvalue weighted by Gasteiger charge is 2.07. The maximum Gasteiger partial charge on any atom is 0.176 e. The number of fused-ring (bicyclic) bond motifs is 2. The third-order valence-corrected chi connectivity index (χ3v) is 2.97. The molecule has 0 saturated heterocycles. The lowest BCUT2D eigenvalue weighted by Gasteiger charge is -1.95. The van der Waals surface area contributed by atoms with Gasteiger partial charge in [-0.3, -0.25) is 0 Å². The van der Waals surface area contributed by atoms with Crippen molar-refractivity contribution in [2.75, 3.05) is 0 Å². The van der Waals surface area contributed by atoms with Crippen molar-refractivity contribution >= 4 is 22.0 Å². The van der Waals surface area contributed by atoms with Gasteiger partial charge >= 0.3 is 0 Å². The molecule has 0 radical (unpaired) electrons. The molecule has 0 spiro atoms. The van der Waals surface area contributed by atoms with Crippen molar-refractivity contribution in [2.24, 2.45) is 0 Å². The quantitative estimate of drug-likeness (QED) is 0.550. The standard InChI is InChI=1S/C14H9N3O/c1-2-4-10-9(3-1)7-12(16-10)14-15-8-13-11(17-14)5-6-18-13/h1-8,16H. The van der Waals surface area contributed by atoms with Gasteiger partial charge in [0, 0.05) is 17.0 Å². The highest BCUT2D eigenvalue weighted by atomic mass is 16.3. The lowest BCUT2D eigenvalue weighted by Crippen LogP contribution is -1.87. The number of nitrogens with zero attached hydrogens (tertiary/aromatic N) is 2. The summed E-state index contributed by atoms with van der Waals surface area (Å²) in [6.07, 6.45) is 3.32. The Hall–Kier alpha value is -2.62. The van der Waals surface area contributed by atoms with Gasteiger partial charge in [-0.2, -0.15) is 0 Å². The van der Waals surface area contributed by atoms with E-state index in [1.807, 2.05) is 24.3 Å². The second-order valence-electron chi connectivity index (χ2n) is 4.13. The minimum Gasteiger partial charge on any atom is -0.461 e. The number of para-hydroxylation sites is 1. The molecular formula is C14H9N3O. The zero-order chi connectivity index (χ0) is 11.9. The molecule has 0 atom stereocenters. The number of furan rings is 1. The van der Waals surface area contributed by atoms with Crippen LogP contribution in [0.15, 0.2) is 53.3 Å². The molecule has 0 amide bonds. The van der Waals surface area contributed by atoms with Crippen LogP contribution >= 0.6 is 0 Å². The molecule has 0 aliphatic heterocycles. The monoisotopic (exact) mass is 235 g/mol. The molecule has 4 heteroatoms. The first-order valence-corrected chi connectivity index (χ1v) is 5.68. The first-order chi connectivity index (χ1) is 8.90. The summed E-state index contributed by atoms with van der Waals surface area (Å²) in [5, 5.41) is 1.16. The Morgan fingerprint density at radius 1 is 1.11 bits per heavy atom. The van der Waals surface area contributed by atoms with E-state index in [1.54, 1.807) is 12.5 Å². The summed E-state index contributed by atoms with van der Waals surface area (Å²) >= 11 is 0. The topological polar surface area (TPSA) is 54.7 Å². The summed E-state index contributed by atoms with van der Waals surface area (Å²) in [5.41, 5.74) is 3.52. The molecule has 0 fully saturated rings. The zero-order valence-electron chi connectivity index (χ0n) is 9.42. The van der Waals surface area contributed by atoms with E-state index in [4.69, 9.17) is 4.42 Å². The summed E-state index contributed by atoms with van der Waals surface area (Å²) in [5.74, 6) is 0.681. The Balaban J connectivity index is 1.94. The highest BCUT2D eigenvalue weighted by molar-refractivity contribution is 5.85. The van der Waals surface area contributed by atoms with Gasteiger partial charge in [0.2, 0.25) is 0 Å². The Kier molecular flexibility index (Phi) is 1.80. The Morgan fingerprint density at radius 3 is 3.00 bits per heavy atom. The molecule has 0 aliphatic carbocycles. The summed E-state index contributed by atoms with van der Waals surface area (Å²) < 4.78 is 5.23. The molecule has 4 rings (SSSR count). The first kappa shape index (κ1) is 9.41. The second kappa shape index (κ2) is 3.43. The molecule has 0 aliphatic rings. The van der Waals surface area contributed by atoms with Crippen molar-refractivity contribution in [3.63, 3.8) is 0 Å². The van der Waals surface area contributed by atoms with Crippen LogP contribution in [0.5, 0.6) is 0 Å². The van der Waals surface area contributed by atoms with E-state index >= 15 is 0 Å². The number of hydrogen-bond donors (Lipinski definition) is 1. The maximum atomic E-state index is 5.23. The van der Waals surface area contributed by atoms with E-state index in [-0.39, 0.29) is 0 Å².